The second kappa shape index (κ2) is 6.24. The number of phenolic OH excluding ortho intramolecular Hbond substituents is 1. The third kappa shape index (κ3) is 2.17. The molecule has 1 saturated carbocycles. The van der Waals surface area contributed by atoms with E-state index >= 15 is 0 Å². The lowest BCUT2D eigenvalue weighted by molar-refractivity contribution is -0.141. The first-order valence-electron chi connectivity index (χ1n) is 9.88. The highest BCUT2D eigenvalue weighted by atomic mass is 16.7. The molecule has 1 amide bonds. The van der Waals surface area contributed by atoms with Gasteiger partial charge in [-0.15, -0.1) is 0 Å². The smallest absolute Gasteiger partial charge is 0.415 e. The normalized spacial score (nSPS) is 35.9. The molecule has 0 unspecified atom stereocenters. The zero-order valence-electron chi connectivity index (χ0n) is 16.7. The lowest BCUT2D eigenvalue weighted by Gasteiger charge is -2.47. The van der Waals surface area contributed by atoms with Crippen molar-refractivity contribution in [2.75, 3.05) is 11.5 Å². The number of benzene rings is 1. The number of ether oxygens (including phenoxy) is 2. The van der Waals surface area contributed by atoms with Gasteiger partial charge in [-0.2, -0.15) is 0 Å². The molecule has 31 heavy (non-hydrogen) atoms. The summed E-state index contributed by atoms with van der Waals surface area (Å²) < 4.78 is 11.7. The SMILES string of the molecule is C=CCOC(=O)N1c2ccc(O)cc2[C@@]23O[C@]24[C@@H](C)CC(=O)[C@@]3(O)C#CC=CC#C[C@@H]14. The van der Waals surface area contributed by atoms with Gasteiger partial charge in [0.1, 0.15) is 24.0 Å². The van der Waals surface area contributed by atoms with Crippen molar-refractivity contribution in [3.05, 3.63) is 48.6 Å². The molecule has 0 radical (unpaired) electrons. The third-order valence-corrected chi connectivity index (χ3v) is 6.50. The van der Waals surface area contributed by atoms with Gasteiger partial charge in [0.2, 0.25) is 5.60 Å². The van der Waals surface area contributed by atoms with Gasteiger partial charge in [0, 0.05) is 12.0 Å². The van der Waals surface area contributed by atoms with E-state index in [-0.39, 0.29) is 18.8 Å². The molecule has 2 fully saturated rings. The molecule has 2 heterocycles. The number of aromatic hydroxyl groups is 1. The minimum atomic E-state index is -2.17. The Balaban J connectivity index is 1.86. The van der Waals surface area contributed by atoms with Gasteiger partial charge in [0.25, 0.3) is 0 Å². The van der Waals surface area contributed by atoms with Gasteiger partial charge in [-0.1, -0.05) is 43.3 Å². The number of Topliss-reactive ketones (excluding diaryl/α,β-unsaturated/α-hetero) is 1. The fourth-order valence-electron chi connectivity index (χ4n) is 5.22. The van der Waals surface area contributed by atoms with Gasteiger partial charge in [-0.05, 0) is 36.3 Å². The van der Waals surface area contributed by atoms with E-state index in [0.717, 1.165) is 0 Å². The molecular weight excluding hydrogens is 398 g/mol. The summed E-state index contributed by atoms with van der Waals surface area (Å²) in [5.41, 5.74) is -4.33. The monoisotopic (exact) mass is 417 g/mol. The van der Waals surface area contributed by atoms with E-state index in [1.54, 1.807) is 0 Å². The summed E-state index contributed by atoms with van der Waals surface area (Å²) in [5, 5.41) is 21.9. The molecular formula is C24H19NO6. The van der Waals surface area contributed by atoms with Gasteiger partial charge >= 0.3 is 6.09 Å². The number of amides is 1. The summed E-state index contributed by atoms with van der Waals surface area (Å²) in [6.07, 6.45) is 3.70. The number of phenols is 1. The lowest BCUT2D eigenvalue weighted by atomic mass is 9.57. The molecule has 1 aromatic carbocycles. The highest BCUT2D eigenvalue weighted by Crippen LogP contribution is 2.74. The second-order valence-electron chi connectivity index (χ2n) is 8.05. The molecule has 1 aromatic rings. The summed E-state index contributed by atoms with van der Waals surface area (Å²) >= 11 is 0. The number of carbonyl (C=O) groups is 2. The summed E-state index contributed by atoms with van der Waals surface area (Å²) in [7, 11) is 0. The van der Waals surface area contributed by atoms with Crippen molar-refractivity contribution >= 4 is 17.6 Å². The van der Waals surface area contributed by atoms with Crippen molar-refractivity contribution in [2.24, 2.45) is 5.92 Å². The highest BCUT2D eigenvalue weighted by Gasteiger charge is 2.90. The number of carbonyl (C=O) groups excluding carboxylic acids is 2. The van der Waals surface area contributed by atoms with Crippen LogP contribution in [0.5, 0.6) is 5.75 Å². The van der Waals surface area contributed by atoms with Gasteiger partial charge in [0.05, 0.1) is 5.69 Å². The fraction of sp³-hybridized carbons (Fsp3) is 0.333. The molecule has 7 heteroatoms. The molecule has 156 valence electrons. The van der Waals surface area contributed by atoms with Crippen LogP contribution in [0.2, 0.25) is 0 Å². The largest absolute Gasteiger partial charge is 0.508 e. The zero-order chi connectivity index (χ0) is 22.0. The van der Waals surface area contributed by atoms with Crippen LogP contribution in [0.4, 0.5) is 10.5 Å². The first-order valence-corrected chi connectivity index (χ1v) is 9.88. The van der Waals surface area contributed by atoms with Crippen molar-refractivity contribution in [3.8, 4) is 29.4 Å². The number of hydrogen-bond acceptors (Lipinski definition) is 6. The summed E-state index contributed by atoms with van der Waals surface area (Å²) in [4.78, 5) is 27.6. The van der Waals surface area contributed by atoms with Crippen LogP contribution in [0.25, 0.3) is 0 Å². The molecule has 5 atom stereocenters. The average molecular weight is 417 g/mol. The topological polar surface area (TPSA) is 99.6 Å². The van der Waals surface area contributed by atoms with Crippen LogP contribution in [0.1, 0.15) is 18.9 Å². The number of ketones is 1. The van der Waals surface area contributed by atoms with E-state index in [1.807, 2.05) is 6.92 Å². The fourth-order valence-corrected chi connectivity index (χ4v) is 5.22. The summed E-state index contributed by atoms with van der Waals surface area (Å²) in [5.74, 6) is 10.4. The van der Waals surface area contributed by atoms with Gasteiger partial charge in [-0.3, -0.25) is 9.69 Å². The number of nitrogens with zero attached hydrogens (tertiary/aromatic N) is 1. The van der Waals surface area contributed by atoms with Gasteiger partial charge in [-0.25, -0.2) is 4.79 Å². The van der Waals surface area contributed by atoms with E-state index in [1.165, 1.54) is 41.3 Å². The van der Waals surface area contributed by atoms with Crippen molar-refractivity contribution in [2.45, 2.75) is 36.2 Å². The summed E-state index contributed by atoms with van der Waals surface area (Å²) in [6.45, 7) is 5.39. The highest BCUT2D eigenvalue weighted by molar-refractivity contribution is 6.00. The average Bonchev–Trinajstić information content (AvgIpc) is 3.47. The van der Waals surface area contributed by atoms with Crippen molar-refractivity contribution < 1.29 is 29.3 Å². The number of epoxide rings is 1. The van der Waals surface area contributed by atoms with E-state index in [9.17, 15) is 19.8 Å². The quantitative estimate of drug-likeness (QED) is 0.432. The van der Waals surface area contributed by atoms with E-state index in [2.05, 4.69) is 30.3 Å². The molecule has 4 bridgehead atoms. The van der Waals surface area contributed by atoms with Crippen molar-refractivity contribution in [1.29, 1.82) is 0 Å². The molecule has 1 saturated heterocycles. The van der Waals surface area contributed by atoms with Crippen LogP contribution in [-0.4, -0.2) is 45.9 Å². The van der Waals surface area contributed by atoms with Crippen LogP contribution in [0.15, 0.2) is 43.0 Å². The summed E-state index contributed by atoms with van der Waals surface area (Å²) in [6, 6.07) is 3.47. The molecule has 4 aliphatic rings. The van der Waals surface area contributed by atoms with E-state index in [0.29, 0.717) is 11.3 Å². The third-order valence-electron chi connectivity index (χ3n) is 6.50. The Morgan fingerprint density at radius 1 is 1.42 bits per heavy atom. The minimum absolute atomic E-state index is 0.00147. The van der Waals surface area contributed by atoms with Crippen LogP contribution >= 0.6 is 0 Å². The Bertz CT molecular complexity index is 1200. The second-order valence-corrected chi connectivity index (χ2v) is 8.05. The standard InChI is InChI=1S/C24H19NO6/c1-3-12-30-21(28)25-18-10-9-16(26)14-17(18)24-22(29)11-7-5-4-6-8-19(25)23(24,31-24)15(2)13-20(22)27/h3-5,9-10,14-15,19,26,29H,1,12-13H2,2H3/t15-,19+,22-,23-,24-/m0/s1. The van der Waals surface area contributed by atoms with Crippen molar-refractivity contribution in [3.63, 3.8) is 0 Å². The Kier molecular flexibility index (Phi) is 3.92. The number of rotatable bonds is 2. The molecule has 5 rings (SSSR count). The number of fused-ring (bicyclic) bond motifs is 1. The predicted molar refractivity (Wildman–Crippen MR) is 110 cm³/mol. The molecule has 0 aromatic heterocycles. The lowest BCUT2D eigenvalue weighted by Crippen LogP contribution is -2.67. The van der Waals surface area contributed by atoms with Crippen LogP contribution in [0.3, 0.4) is 0 Å². The van der Waals surface area contributed by atoms with Crippen LogP contribution in [0, 0.1) is 29.6 Å². The Labute approximate surface area is 178 Å². The maximum atomic E-state index is 13.1. The molecule has 2 aliphatic carbocycles. The number of allylic oxidation sites excluding steroid dienone is 2. The first kappa shape index (κ1) is 19.4. The predicted octanol–water partition coefficient (Wildman–Crippen LogP) is 1.78. The number of hydrogen-bond donors (Lipinski definition) is 2. The number of aliphatic hydroxyl groups is 1. The minimum Gasteiger partial charge on any atom is -0.508 e. The molecule has 2 aliphatic heterocycles. The Hall–Kier alpha value is -3.52. The van der Waals surface area contributed by atoms with E-state index in [4.69, 9.17) is 9.47 Å². The molecule has 7 nitrogen and oxygen atoms in total. The zero-order valence-corrected chi connectivity index (χ0v) is 16.7. The Morgan fingerprint density at radius 3 is 2.97 bits per heavy atom. The maximum absolute atomic E-state index is 13.1. The molecule has 2 N–H and O–H groups in total. The van der Waals surface area contributed by atoms with Gasteiger partial charge in [0.15, 0.2) is 11.4 Å². The first-order chi connectivity index (χ1) is 14.8. The van der Waals surface area contributed by atoms with Gasteiger partial charge < -0.3 is 19.7 Å². The van der Waals surface area contributed by atoms with Crippen molar-refractivity contribution in [1.82, 2.24) is 0 Å². The maximum Gasteiger partial charge on any atom is 0.415 e. The molecule has 0 spiro atoms. The number of anilines is 1. The van der Waals surface area contributed by atoms with Crippen LogP contribution in [-0.2, 0) is 19.9 Å². The Morgan fingerprint density at radius 2 is 2.19 bits per heavy atom. The van der Waals surface area contributed by atoms with Crippen LogP contribution < -0.4 is 4.90 Å². The van der Waals surface area contributed by atoms with E-state index < -0.39 is 40.6 Å².